The highest BCUT2D eigenvalue weighted by atomic mass is 32.1. The molecule has 0 fully saturated rings. The molecule has 3 heterocycles. The topological polar surface area (TPSA) is 98.9 Å². The summed E-state index contributed by atoms with van der Waals surface area (Å²) in [4.78, 5) is 45.6. The minimum absolute atomic E-state index is 0.0310. The molecule has 1 atom stereocenters. The van der Waals surface area contributed by atoms with Gasteiger partial charge in [-0.2, -0.15) is 0 Å². The molecular weight excluding hydrogens is 499 g/mol. The Kier molecular flexibility index (Phi) is 6.51. The molecule has 0 radical (unpaired) electrons. The fraction of sp³-hybridized carbons (Fsp3) is 0.259. The largest absolute Gasteiger partial charge is 0.494 e. The SMILES string of the molecule is CCCCOc1ccc(C2c3c(oc4ccc(F)cc4c3=O)C(=O)N2c2nc(C)c(C(=O)OC)s2)cc1. The van der Waals surface area contributed by atoms with Crippen molar-refractivity contribution in [3.63, 3.8) is 0 Å². The molecule has 1 amide bonds. The first-order valence-corrected chi connectivity index (χ1v) is 12.5. The van der Waals surface area contributed by atoms with Crippen molar-refractivity contribution in [2.24, 2.45) is 0 Å². The number of aryl methyl sites for hydroxylation is 1. The van der Waals surface area contributed by atoms with Gasteiger partial charge in [-0.15, -0.1) is 0 Å². The first-order valence-electron chi connectivity index (χ1n) is 11.7. The highest BCUT2D eigenvalue weighted by Crippen LogP contribution is 2.43. The van der Waals surface area contributed by atoms with E-state index in [9.17, 15) is 18.8 Å². The van der Waals surface area contributed by atoms with Crippen molar-refractivity contribution in [3.8, 4) is 5.75 Å². The van der Waals surface area contributed by atoms with Crippen LogP contribution in [0.25, 0.3) is 11.0 Å². The molecule has 1 aliphatic heterocycles. The van der Waals surface area contributed by atoms with Gasteiger partial charge in [0.25, 0.3) is 5.91 Å². The lowest BCUT2D eigenvalue weighted by Crippen LogP contribution is -2.29. The van der Waals surface area contributed by atoms with Gasteiger partial charge in [-0.05, 0) is 49.2 Å². The normalized spacial score (nSPS) is 14.8. The number of ether oxygens (including phenoxy) is 2. The molecule has 1 aliphatic rings. The number of carbonyl (C=O) groups is 2. The van der Waals surface area contributed by atoms with E-state index in [-0.39, 0.29) is 32.3 Å². The Hall–Kier alpha value is -4.05. The van der Waals surface area contributed by atoms with E-state index in [0.717, 1.165) is 36.3 Å². The number of hydrogen-bond acceptors (Lipinski definition) is 8. The average molecular weight is 523 g/mol. The van der Waals surface area contributed by atoms with Crippen LogP contribution in [0.5, 0.6) is 5.75 Å². The Morgan fingerprint density at radius 2 is 1.95 bits per heavy atom. The molecule has 4 aromatic rings. The fourth-order valence-electron chi connectivity index (χ4n) is 4.31. The van der Waals surface area contributed by atoms with Gasteiger partial charge in [-0.1, -0.05) is 36.8 Å². The van der Waals surface area contributed by atoms with Crippen LogP contribution in [0, 0.1) is 12.7 Å². The molecule has 37 heavy (non-hydrogen) atoms. The molecule has 0 saturated carbocycles. The van der Waals surface area contributed by atoms with Crippen LogP contribution in [0.3, 0.4) is 0 Å². The van der Waals surface area contributed by atoms with Crippen LogP contribution in [0.15, 0.2) is 51.7 Å². The molecule has 2 aromatic carbocycles. The highest BCUT2D eigenvalue weighted by molar-refractivity contribution is 7.17. The van der Waals surface area contributed by atoms with Crippen LogP contribution < -0.4 is 15.1 Å². The Balaban J connectivity index is 1.68. The molecule has 0 bridgehead atoms. The monoisotopic (exact) mass is 522 g/mol. The molecule has 0 saturated heterocycles. The molecular formula is C27H23FN2O6S. The summed E-state index contributed by atoms with van der Waals surface area (Å²) in [6.45, 7) is 4.28. The quantitative estimate of drug-likeness (QED) is 0.236. The van der Waals surface area contributed by atoms with Gasteiger partial charge in [0.1, 0.15) is 22.0 Å². The van der Waals surface area contributed by atoms with Gasteiger partial charge in [-0.3, -0.25) is 14.5 Å². The number of nitrogens with zero attached hydrogens (tertiary/aromatic N) is 2. The van der Waals surface area contributed by atoms with E-state index in [1.807, 2.05) is 0 Å². The number of aromatic nitrogens is 1. The number of thiazole rings is 1. The summed E-state index contributed by atoms with van der Waals surface area (Å²) in [5.41, 5.74) is 0.659. The average Bonchev–Trinajstić information content (AvgIpc) is 3.42. The number of halogens is 1. The van der Waals surface area contributed by atoms with Gasteiger partial charge in [0.15, 0.2) is 10.6 Å². The smallest absolute Gasteiger partial charge is 0.350 e. The summed E-state index contributed by atoms with van der Waals surface area (Å²) in [7, 11) is 1.26. The summed E-state index contributed by atoms with van der Waals surface area (Å²) in [6, 6.07) is 9.73. The van der Waals surface area contributed by atoms with Crippen molar-refractivity contribution in [1.29, 1.82) is 0 Å². The van der Waals surface area contributed by atoms with Gasteiger partial charge in [-0.25, -0.2) is 14.2 Å². The lowest BCUT2D eigenvalue weighted by atomic mass is 9.98. The van der Waals surface area contributed by atoms with Gasteiger partial charge >= 0.3 is 5.97 Å². The van der Waals surface area contributed by atoms with Crippen molar-refractivity contribution in [2.45, 2.75) is 32.7 Å². The van der Waals surface area contributed by atoms with Crippen LogP contribution in [0.4, 0.5) is 9.52 Å². The van der Waals surface area contributed by atoms with Crippen molar-refractivity contribution < 1.29 is 27.9 Å². The predicted octanol–water partition coefficient (Wildman–Crippen LogP) is 5.41. The maximum Gasteiger partial charge on any atom is 0.350 e. The zero-order chi connectivity index (χ0) is 26.3. The Bertz CT molecular complexity index is 1580. The minimum Gasteiger partial charge on any atom is -0.494 e. The number of benzene rings is 2. The number of hydrogen-bond donors (Lipinski definition) is 0. The first kappa shape index (κ1) is 24.6. The Labute approximate surface area is 215 Å². The van der Waals surface area contributed by atoms with Gasteiger partial charge in [0, 0.05) is 0 Å². The first-order chi connectivity index (χ1) is 17.8. The maximum absolute atomic E-state index is 14.0. The van der Waals surface area contributed by atoms with E-state index in [4.69, 9.17) is 13.9 Å². The van der Waals surface area contributed by atoms with Crippen molar-refractivity contribution in [2.75, 3.05) is 18.6 Å². The van der Waals surface area contributed by atoms with E-state index < -0.39 is 29.2 Å². The van der Waals surface area contributed by atoms with E-state index in [0.29, 0.717) is 23.6 Å². The standard InChI is InChI=1S/C27H23FN2O6S/c1-4-5-12-35-17-9-6-15(7-10-17)21-20-22(31)18-13-16(28)8-11-19(18)36-23(20)25(32)30(21)27-29-14(2)24(37-27)26(33)34-3/h6-11,13,21H,4-5,12H2,1-3H3. The van der Waals surface area contributed by atoms with Crippen molar-refractivity contribution >= 4 is 39.3 Å². The summed E-state index contributed by atoms with van der Waals surface area (Å²) >= 11 is 0.983. The number of rotatable bonds is 7. The van der Waals surface area contributed by atoms with E-state index >= 15 is 0 Å². The van der Waals surface area contributed by atoms with Crippen molar-refractivity contribution in [1.82, 2.24) is 4.98 Å². The third-order valence-electron chi connectivity index (χ3n) is 6.16. The molecule has 0 N–H and O–H groups in total. The van der Waals surface area contributed by atoms with E-state index in [1.165, 1.54) is 18.1 Å². The Morgan fingerprint density at radius 1 is 1.19 bits per heavy atom. The van der Waals surface area contributed by atoms with Gasteiger partial charge in [0.05, 0.1) is 36.4 Å². The van der Waals surface area contributed by atoms with Crippen LogP contribution in [0.1, 0.15) is 62.9 Å². The molecule has 2 aromatic heterocycles. The molecule has 1 unspecified atom stereocenters. The number of amides is 1. The number of fused-ring (bicyclic) bond motifs is 2. The second-order valence-corrected chi connectivity index (χ2v) is 9.54. The number of unbranched alkanes of at least 4 members (excludes halogenated alkanes) is 1. The van der Waals surface area contributed by atoms with Crippen LogP contribution in [-0.2, 0) is 4.74 Å². The zero-order valence-corrected chi connectivity index (χ0v) is 21.2. The second kappa shape index (κ2) is 9.78. The van der Waals surface area contributed by atoms with Crippen molar-refractivity contribution in [3.05, 3.63) is 86.0 Å². The molecule has 8 nitrogen and oxygen atoms in total. The van der Waals surface area contributed by atoms with Gasteiger partial charge in [0.2, 0.25) is 5.76 Å². The maximum atomic E-state index is 14.0. The van der Waals surface area contributed by atoms with Crippen LogP contribution in [-0.4, -0.2) is 30.6 Å². The molecule has 0 spiro atoms. The molecule has 5 rings (SSSR count). The summed E-state index contributed by atoms with van der Waals surface area (Å²) in [5, 5.41) is 0.237. The summed E-state index contributed by atoms with van der Waals surface area (Å²) in [5.74, 6) is -1.25. The van der Waals surface area contributed by atoms with Crippen LogP contribution in [0.2, 0.25) is 0 Å². The molecule has 0 aliphatic carbocycles. The Morgan fingerprint density at radius 3 is 2.65 bits per heavy atom. The summed E-state index contributed by atoms with van der Waals surface area (Å²) < 4.78 is 30.5. The zero-order valence-electron chi connectivity index (χ0n) is 20.4. The lowest BCUT2D eigenvalue weighted by molar-refractivity contribution is 0.0605. The number of esters is 1. The molecule has 10 heteroatoms. The van der Waals surface area contributed by atoms with Gasteiger partial charge < -0.3 is 13.9 Å². The lowest BCUT2D eigenvalue weighted by Gasteiger charge is -2.22. The van der Waals surface area contributed by atoms with Crippen LogP contribution >= 0.6 is 11.3 Å². The predicted molar refractivity (Wildman–Crippen MR) is 136 cm³/mol. The second-order valence-electron chi connectivity index (χ2n) is 8.57. The number of methoxy groups -OCH3 is 1. The fourth-order valence-corrected chi connectivity index (χ4v) is 5.32. The third-order valence-corrected chi connectivity index (χ3v) is 7.29. The third kappa shape index (κ3) is 4.27. The highest BCUT2D eigenvalue weighted by Gasteiger charge is 2.45. The molecule has 190 valence electrons. The summed E-state index contributed by atoms with van der Waals surface area (Å²) in [6.07, 6.45) is 1.91. The van der Waals surface area contributed by atoms with E-state index in [2.05, 4.69) is 11.9 Å². The number of anilines is 1. The van der Waals surface area contributed by atoms with E-state index in [1.54, 1.807) is 31.2 Å². The minimum atomic E-state index is -0.910. The number of carbonyl (C=O) groups excluding carboxylic acids is 2.